The van der Waals surface area contributed by atoms with E-state index in [2.05, 4.69) is 25.2 Å². The molecule has 1 aliphatic rings. The summed E-state index contributed by atoms with van der Waals surface area (Å²) < 4.78 is 37.6. The van der Waals surface area contributed by atoms with Crippen molar-refractivity contribution in [3.63, 3.8) is 0 Å². The lowest BCUT2D eigenvalue weighted by molar-refractivity contribution is -0.182. The first-order valence-corrected chi connectivity index (χ1v) is 7.54. The van der Waals surface area contributed by atoms with Crippen LogP contribution in [0.25, 0.3) is 0 Å². The quantitative estimate of drug-likeness (QED) is 0.860. The average molecular weight is 291 g/mol. The van der Waals surface area contributed by atoms with Gasteiger partial charge in [-0.3, -0.25) is 0 Å². The Kier molecular flexibility index (Phi) is 4.56. The van der Waals surface area contributed by atoms with Crippen LogP contribution in [-0.4, -0.2) is 12.2 Å². The summed E-state index contributed by atoms with van der Waals surface area (Å²) in [6.07, 6.45) is -2.21. The molecule has 0 spiro atoms. The number of alkyl halides is 3. The smallest absolute Gasteiger partial charge is 0.309 e. The minimum Gasteiger partial charge on any atom is -0.309 e. The Morgan fingerprint density at radius 3 is 2.32 bits per heavy atom. The zero-order valence-corrected chi connectivity index (χ0v) is 12.1. The van der Waals surface area contributed by atoms with Crippen LogP contribution < -0.4 is 5.32 Å². The van der Waals surface area contributed by atoms with Crippen molar-refractivity contribution in [1.29, 1.82) is 0 Å². The van der Waals surface area contributed by atoms with E-state index in [-0.39, 0.29) is 18.9 Å². The van der Waals surface area contributed by atoms with Gasteiger partial charge >= 0.3 is 6.18 Å². The second kappa shape index (κ2) is 5.83. The van der Waals surface area contributed by atoms with Crippen LogP contribution in [0.2, 0.25) is 0 Å². The Hall–Kier alpha value is -0.550. The molecule has 0 aromatic carbocycles. The van der Waals surface area contributed by atoms with Crippen LogP contribution in [0.1, 0.15) is 41.0 Å². The molecule has 1 saturated carbocycles. The van der Waals surface area contributed by atoms with E-state index in [9.17, 15) is 13.2 Å². The molecule has 1 fully saturated rings. The summed E-state index contributed by atoms with van der Waals surface area (Å²) in [7, 11) is 0. The molecule has 0 aliphatic heterocycles. The lowest BCUT2D eigenvalue weighted by Gasteiger charge is -2.30. The summed E-state index contributed by atoms with van der Waals surface area (Å²) in [5.41, 5.74) is 1.29. The third kappa shape index (κ3) is 3.96. The van der Waals surface area contributed by atoms with E-state index in [1.807, 2.05) is 0 Å². The van der Waals surface area contributed by atoms with E-state index in [0.29, 0.717) is 12.8 Å². The fourth-order valence-corrected chi connectivity index (χ4v) is 3.61. The number of thiophene rings is 1. The fourth-order valence-electron chi connectivity index (χ4n) is 2.61. The van der Waals surface area contributed by atoms with Gasteiger partial charge in [0.2, 0.25) is 0 Å². The minimum absolute atomic E-state index is 0.237. The van der Waals surface area contributed by atoms with E-state index in [0.717, 1.165) is 6.54 Å². The summed E-state index contributed by atoms with van der Waals surface area (Å²) in [5, 5.41) is 3.39. The Morgan fingerprint density at radius 2 is 1.84 bits per heavy atom. The highest BCUT2D eigenvalue weighted by Gasteiger charge is 2.41. The van der Waals surface area contributed by atoms with E-state index >= 15 is 0 Å². The third-order valence-corrected chi connectivity index (χ3v) is 5.12. The van der Waals surface area contributed by atoms with Gasteiger partial charge in [-0.25, -0.2) is 0 Å². The van der Waals surface area contributed by atoms with Crippen molar-refractivity contribution in [1.82, 2.24) is 5.32 Å². The van der Waals surface area contributed by atoms with Crippen molar-refractivity contribution < 1.29 is 13.2 Å². The normalized spacial score (nSPS) is 24.7. The summed E-state index contributed by atoms with van der Waals surface area (Å²) in [5.74, 6) is -1.09. The number of hydrogen-bond acceptors (Lipinski definition) is 2. The Labute approximate surface area is 116 Å². The van der Waals surface area contributed by atoms with Gasteiger partial charge in [-0.1, -0.05) is 0 Å². The van der Waals surface area contributed by atoms with Gasteiger partial charge < -0.3 is 5.32 Å². The number of halogens is 3. The van der Waals surface area contributed by atoms with Crippen LogP contribution in [0.15, 0.2) is 6.07 Å². The molecule has 1 aliphatic carbocycles. The summed E-state index contributed by atoms with van der Waals surface area (Å²) in [6.45, 7) is 4.96. The highest BCUT2D eigenvalue weighted by atomic mass is 32.1. The minimum atomic E-state index is -4.01. The number of rotatable bonds is 3. The molecular formula is C14H20F3NS. The van der Waals surface area contributed by atoms with Crippen molar-refractivity contribution in [3.05, 3.63) is 21.4 Å². The first-order valence-electron chi connectivity index (χ1n) is 6.72. The molecule has 5 heteroatoms. The molecule has 1 aromatic rings. The van der Waals surface area contributed by atoms with Crippen molar-refractivity contribution in [2.45, 2.75) is 58.3 Å². The van der Waals surface area contributed by atoms with Gasteiger partial charge in [0, 0.05) is 22.3 Å². The summed E-state index contributed by atoms with van der Waals surface area (Å²) in [4.78, 5) is 2.59. The summed E-state index contributed by atoms with van der Waals surface area (Å²) >= 11 is 1.77. The zero-order valence-electron chi connectivity index (χ0n) is 11.3. The molecular weight excluding hydrogens is 271 g/mol. The standard InChI is InChI=1S/C14H20F3NS/c1-9-7-13(19-10(9)2)8-18-12-5-3-11(4-6-12)14(15,16)17/h7,11-12,18H,3-6,8H2,1-2H3. The Balaban J connectivity index is 1.77. The molecule has 0 unspecified atom stereocenters. The van der Waals surface area contributed by atoms with Gasteiger partial charge in [-0.2, -0.15) is 13.2 Å². The van der Waals surface area contributed by atoms with Crippen LogP contribution in [0.4, 0.5) is 13.2 Å². The van der Waals surface area contributed by atoms with Crippen molar-refractivity contribution in [2.75, 3.05) is 0 Å². The topological polar surface area (TPSA) is 12.0 Å². The molecule has 0 saturated heterocycles. The SMILES string of the molecule is Cc1cc(CNC2CCC(C(F)(F)F)CC2)sc1C. The zero-order chi connectivity index (χ0) is 14.0. The molecule has 1 heterocycles. The summed E-state index contributed by atoms with van der Waals surface area (Å²) in [6, 6.07) is 2.40. The van der Waals surface area contributed by atoms with Gasteiger partial charge in [-0.05, 0) is 51.2 Å². The maximum Gasteiger partial charge on any atom is 0.391 e. The predicted molar refractivity (Wildman–Crippen MR) is 72.4 cm³/mol. The predicted octanol–water partition coefficient (Wildman–Crippen LogP) is 4.58. The number of hydrogen-bond donors (Lipinski definition) is 1. The largest absolute Gasteiger partial charge is 0.391 e. The molecule has 1 N–H and O–H groups in total. The molecule has 0 amide bonds. The highest BCUT2D eigenvalue weighted by molar-refractivity contribution is 7.12. The Morgan fingerprint density at radius 1 is 1.21 bits per heavy atom. The van der Waals surface area contributed by atoms with Crippen LogP contribution in [0, 0.1) is 19.8 Å². The van der Waals surface area contributed by atoms with E-state index in [4.69, 9.17) is 0 Å². The molecule has 2 rings (SSSR count). The highest BCUT2D eigenvalue weighted by Crippen LogP contribution is 2.37. The van der Waals surface area contributed by atoms with Gasteiger partial charge in [0.25, 0.3) is 0 Å². The third-order valence-electron chi connectivity index (χ3n) is 3.97. The molecule has 0 radical (unpaired) electrons. The lowest BCUT2D eigenvalue weighted by Crippen LogP contribution is -2.36. The van der Waals surface area contributed by atoms with Gasteiger partial charge in [0.05, 0.1) is 5.92 Å². The second-order valence-electron chi connectivity index (χ2n) is 5.42. The number of nitrogens with one attached hydrogen (secondary N) is 1. The lowest BCUT2D eigenvalue weighted by atomic mass is 9.85. The average Bonchev–Trinajstić information content (AvgIpc) is 2.66. The molecule has 108 valence electrons. The maximum atomic E-state index is 12.5. The van der Waals surface area contributed by atoms with Gasteiger partial charge in [-0.15, -0.1) is 11.3 Å². The van der Waals surface area contributed by atoms with Gasteiger partial charge in [0.1, 0.15) is 0 Å². The van der Waals surface area contributed by atoms with Crippen LogP contribution in [0.3, 0.4) is 0 Å². The van der Waals surface area contributed by atoms with Crippen molar-refractivity contribution >= 4 is 11.3 Å². The molecule has 1 nitrogen and oxygen atoms in total. The second-order valence-corrected chi connectivity index (χ2v) is 6.76. The van der Waals surface area contributed by atoms with Crippen molar-refractivity contribution in [2.24, 2.45) is 5.92 Å². The van der Waals surface area contributed by atoms with Crippen molar-refractivity contribution in [3.8, 4) is 0 Å². The van der Waals surface area contributed by atoms with E-state index < -0.39 is 12.1 Å². The molecule has 0 bridgehead atoms. The number of aryl methyl sites for hydroxylation is 2. The van der Waals surface area contributed by atoms with Crippen LogP contribution in [0.5, 0.6) is 0 Å². The Bertz CT molecular complexity index is 397. The fraction of sp³-hybridized carbons (Fsp3) is 0.714. The molecule has 19 heavy (non-hydrogen) atoms. The monoisotopic (exact) mass is 291 g/mol. The van der Waals surface area contributed by atoms with Crippen LogP contribution >= 0.6 is 11.3 Å². The first kappa shape index (κ1) is 14.9. The van der Waals surface area contributed by atoms with Crippen LogP contribution in [-0.2, 0) is 6.54 Å². The molecule has 0 atom stereocenters. The van der Waals surface area contributed by atoms with E-state index in [1.54, 1.807) is 11.3 Å². The maximum absolute atomic E-state index is 12.5. The molecule has 1 aromatic heterocycles. The first-order chi connectivity index (χ1) is 8.86. The van der Waals surface area contributed by atoms with E-state index in [1.165, 1.54) is 15.3 Å². The van der Waals surface area contributed by atoms with Gasteiger partial charge in [0.15, 0.2) is 0 Å².